The summed E-state index contributed by atoms with van der Waals surface area (Å²) in [7, 11) is 1.53. The average molecular weight is 250 g/mol. The number of H-pyrrole nitrogens is 1. The van der Waals surface area contributed by atoms with Gasteiger partial charge in [-0.2, -0.15) is 0 Å². The number of urea groups is 1. The number of hydrogen-bond donors (Lipinski definition) is 3. The first-order chi connectivity index (χ1) is 8.54. The summed E-state index contributed by atoms with van der Waals surface area (Å²) >= 11 is 0. The van der Waals surface area contributed by atoms with Gasteiger partial charge in [0.1, 0.15) is 11.9 Å². The van der Waals surface area contributed by atoms with E-state index in [-0.39, 0.29) is 13.0 Å². The van der Waals surface area contributed by atoms with Crippen LogP contribution in [0, 0.1) is 12.3 Å². The second-order valence-electron chi connectivity index (χ2n) is 3.64. The number of nitrogens with one attached hydrogen (secondary N) is 2. The number of hydrogen-bond acceptors (Lipinski definition) is 3. The summed E-state index contributed by atoms with van der Waals surface area (Å²) in [4.78, 5) is 30.6. The van der Waals surface area contributed by atoms with E-state index in [9.17, 15) is 9.59 Å². The number of carboxylic acid groups (broad SMARTS) is 1. The number of nitrogens with zero attached hydrogens (tertiary/aromatic N) is 2. The van der Waals surface area contributed by atoms with Crippen molar-refractivity contribution in [3.8, 4) is 12.3 Å². The van der Waals surface area contributed by atoms with Crippen molar-refractivity contribution in [2.24, 2.45) is 0 Å². The normalized spacial score (nSPS) is 11.3. The van der Waals surface area contributed by atoms with Crippen LogP contribution in [0.2, 0.25) is 0 Å². The number of amides is 2. The van der Waals surface area contributed by atoms with Crippen LogP contribution in [0.25, 0.3) is 0 Å². The van der Waals surface area contributed by atoms with E-state index in [0.29, 0.717) is 5.82 Å². The molecule has 0 radical (unpaired) electrons. The molecule has 0 bridgehead atoms. The van der Waals surface area contributed by atoms with Crippen LogP contribution in [0.1, 0.15) is 12.2 Å². The van der Waals surface area contributed by atoms with Gasteiger partial charge in [-0.3, -0.25) is 0 Å². The van der Waals surface area contributed by atoms with Crippen LogP contribution in [-0.2, 0) is 11.3 Å². The summed E-state index contributed by atoms with van der Waals surface area (Å²) < 4.78 is 0. The highest BCUT2D eigenvalue weighted by atomic mass is 16.4. The largest absolute Gasteiger partial charge is 0.480 e. The Kier molecular flexibility index (Phi) is 4.75. The zero-order valence-electron chi connectivity index (χ0n) is 9.88. The van der Waals surface area contributed by atoms with Gasteiger partial charge in [-0.15, -0.1) is 12.3 Å². The third-order valence-electron chi connectivity index (χ3n) is 2.21. The second-order valence-corrected chi connectivity index (χ2v) is 3.64. The van der Waals surface area contributed by atoms with Gasteiger partial charge in [0.05, 0.1) is 6.54 Å². The Bertz CT molecular complexity index is 449. The van der Waals surface area contributed by atoms with Gasteiger partial charge in [-0.25, -0.2) is 14.6 Å². The maximum absolute atomic E-state index is 11.7. The van der Waals surface area contributed by atoms with Gasteiger partial charge in [0, 0.05) is 25.9 Å². The molecular formula is C11H14N4O3. The molecule has 0 spiro atoms. The lowest BCUT2D eigenvalue weighted by Crippen LogP contribution is -2.46. The van der Waals surface area contributed by atoms with Crippen LogP contribution in [0.4, 0.5) is 4.79 Å². The summed E-state index contributed by atoms with van der Waals surface area (Å²) in [6, 6.07) is -1.60. The van der Waals surface area contributed by atoms with Gasteiger partial charge in [-0.1, -0.05) is 0 Å². The summed E-state index contributed by atoms with van der Waals surface area (Å²) in [6.45, 7) is 0.251. The molecule has 96 valence electrons. The van der Waals surface area contributed by atoms with Crippen molar-refractivity contribution in [3.63, 3.8) is 0 Å². The standard InChI is InChI=1S/C11H14N4O3/c1-3-4-8(10(16)17)14-11(18)15(2)7-9-12-5-6-13-9/h1,5-6,8H,4,7H2,2H3,(H,12,13)(H,14,18)(H,16,17). The fourth-order valence-electron chi connectivity index (χ4n) is 1.26. The number of aromatic amines is 1. The number of rotatable bonds is 5. The lowest BCUT2D eigenvalue weighted by atomic mass is 10.2. The first-order valence-corrected chi connectivity index (χ1v) is 5.20. The van der Waals surface area contributed by atoms with E-state index in [1.807, 2.05) is 0 Å². The molecule has 0 aliphatic carbocycles. The SMILES string of the molecule is C#CCC(NC(=O)N(C)Cc1ncc[nH]1)C(=O)O. The maximum Gasteiger partial charge on any atom is 0.327 e. The molecule has 0 saturated heterocycles. The van der Waals surface area contributed by atoms with E-state index in [4.69, 9.17) is 11.5 Å². The number of carbonyl (C=O) groups is 2. The van der Waals surface area contributed by atoms with Crippen molar-refractivity contribution in [1.29, 1.82) is 0 Å². The van der Waals surface area contributed by atoms with E-state index in [1.54, 1.807) is 12.4 Å². The second kappa shape index (κ2) is 6.30. The molecule has 7 nitrogen and oxygen atoms in total. The first-order valence-electron chi connectivity index (χ1n) is 5.20. The van der Waals surface area contributed by atoms with E-state index in [1.165, 1.54) is 11.9 Å². The van der Waals surface area contributed by atoms with Crippen LogP contribution in [0.5, 0.6) is 0 Å². The molecule has 1 atom stereocenters. The number of imidazole rings is 1. The molecule has 7 heteroatoms. The minimum atomic E-state index is -1.16. The van der Waals surface area contributed by atoms with Gasteiger partial charge < -0.3 is 20.3 Å². The summed E-state index contributed by atoms with van der Waals surface area (Å²) in [5, 5.41) is 11.2. The third kappa shape index (κ3) is 3.83. The summed E-state index contributed by atoms with van der Waals surface area (Å²) in [5.41, 5.74) is 0. The molecule has 1 unspecified atom stereocenters. The Morgan fingerprint density at radius 2 is 2.44 bits per heavy atom. The topological polar surface area (TPSA) is 98.3 Å². The van der Waals surface area contributed by atoms with Gasteiger partial charge in [-0.05, 0) is 0 Å². The molecule has 0 aliphatic rings. The smallest absolute Gasteiger partial charge is 0.327 e. The minimum Gasteiger partial charge on any atom is -0.480 e. The highest BCUT2D eigenvalue weighted by molar-refractivity contribution is 5.82. The van der Waals surface area contributed by atoms with Crippen molar-refractivity contribution in [1.82, 2.24) is 20.2 Å². The first kappa shape index (κ1) is 13.6. The predicted molar refractivity (Wildman–Crippen MR) is 63.5 cm³/mol. The molecule has 1 heterocycles. The van der Waals surface area contributed by atoms with Crippen molar-refractivity contribution < 1.29 is 14.7 Å². The van der Waals surface area contributed by atoms with Gasteiger partial charge in [0.2, 0.25) is 0 Å². The molecule has 18 heavy (non-hydrogen) atoms. The molecule has 2 amide bonds. The molecule has 1 aromatic heterocycles. The average Bonchev–Trinajstić information content (AvgIpc) is 2.80. The highest BCUT2D eigenvalue weighted by Crippen LogP contribution is 1.98. The van der Waals surface area contributed by atoms with Crippen molar-refractivity contribution >= 4 is 12.0 Å². The monoisotopic (exact) mass is 250 g/mol. The molecule has 0 aliphatic heterocycles. The van der Waals surface area contributed by atoms with Crippen molar-refractivity contribution in [2.45, 2.75) is 19.0 Å². The number of aromatic nitrogens is 2. The molecule has 3 N–H and O–H groups in total. The fourth-order valence-corrected chi connectivity index (χ4v) is 1.26. The minimum absolute atomic E-state index is 0.0599. The van der Waals surface area contributed by atoms with Crippen LogP contribution in [-0.4, -0.2) is 45.1 Å². The Labute approximate surface area is 104 Å². The van der Waals surface area contributed by atoms with Crippen molar-refractivity contribution in [3.05, 3.63) is 18.2 Å². The summed E-state index contributed by atoms with van der Waals surface area (Å²) in [5.74, 6) is 1.65. The number of carbonyl (C=O) groups excluding carboxylic acids is 1. The Hall–Kier alpha value is -2.49. The summed E-state index contributed by atoms with van der Waals surface area (Å²) in [6.07, 6.45) is 8.18. The molecular weight excluding hydrogens is 236 g/mol. The fraction of sp³-hybridized carbons (Fsp3) is 0.364. The third-order valence-corrected chi connectivity index (χ3v) is 2.21. The van der Waals surface area contributed by atoms with Gasteiger partial charge in [0.25, 0.3) is 0 Å². The number of aliphatic carboxylic acids is 1. The van der Waals surface area contributed by atoms with E-state index < -0.39 is 18.0 Å². The van der Waals surface area contributed by atoms with E-state index in [0.717, 1.165) is 0 Å². The van der Waals surface area contributed by atoms with Crippen molar-refractivity contribution in [2.75, 3.05) is 7.05 Å². The number of terminal acetylenes is 1. The predicted octanol–water partition coefficient (Wildman–Crippen LogP) is 0.0276. The van der Waals surface area contributed by atoms with Crippen LogP contribution < -0.4 is 5.32 Å². The Morgan fingerprint density at radius 1 is 1.72 bits per heavy atom. The van der Waals surface area contributed by atoms with Crippen LogP contribution >= 0.6 is 0 Å². The van der Waals surface area contributed by atoms with Crippen LogP contribution in [0.15, 0.2) is 12.4 Å². The molecule has 0 aromatic carbocycles. The van der Waals surface area contributed by atoms with Gasteiger partial charge in [0.15, 0.2) is 0 Å². The molecule has 1 rings (SSSR count). The highest BCUT2D eigenvalue weighted by Gasteiger charge is 2.20. The zero-order valence-corrected chi connectivity index (χ0v) is 9.88. The maximum atomic E-state index is 11.7. The lowest BCUT2D eigenvalue weighted by Gasteiger charge is -2.19. The zero-order chi connectivity index (χ0) is 13.5. The Morgan fingerprint density at radius 3 is 2.94 bits per heavy atom. The van der Waals surface area contributed by atoms with Gasteiger partial charge >= 0.3 is 12.0 Å². The molecule has 0 fully saturated rings. The molecule has 1 aromatic rings. The number of carboxylic acids is 1. The lowest BCUT2D eigenvalue weighted by molar-refractivity contribution is -0.139. The van der Waals surface area contributed by atoms with Crippen LogP contribution in [0.3, 0.4) is 0 Å². The van der Waals surface area contributed by atoms with E-state index in [2.05, 4.69) is 21.2 Å². The Balaban J connectivity index is 2.53. The molecule has 0 saturated carbocycles. The van der Waals surface area contributed by atoms with E-state index >= 15 is 0 Å². The quantitative estimate of drug-likeness (QED) is 0.642.